The molecule has 4 heteroatoms. The van der Waals surface area contributed by atoms with Gasteiger partial charge in [0.15, 0.2) is 11.6 Å². The average Bonchev–Trinajstić information content (AvgIpc) is 1.91. The van der Waals surface area contributed by atoms with E-state index in [1.54, 1.807) is 0 Å². The molecule has 0 saturated carbocycles. The first-order chi connectivity index (χ1) is 3.30. The number of nitrogen functional groups attached to an aromatic ring is 1. The summed E-state index contributed by atoms with van der Waals surface area (Å²) < 4.78 is 3.59. The highest BCUT2D eigenvalue weighted by Crippen LogP contribution is 2.18. The molecular weight excluding hydrogens is 112 g/mol. The van der Waals surface area contributed by atoms with Gasteiger partial charge in [-0.2, -0.15) is 4.37 Å². The van der Waals surface area contributed by atoms with E-state index in [9.17, 15) is 0 Å². The monoisotopic (exact) mass is 116 g/mol. The predicted molar refractivity (Wildman–Crippen MR) is 28.2 cm³/mol. The molecule has 1 heterocycles. The molecule has 1 aromatic heterocycles. The van der Waals surface area contributed by atoms with Gasteiger partial charge in [-0.3, -0.25) is 0 Å². The Balaban J connectivity index is 3.12. The number of rotatable bonds is 0. The number of nitrogens with zero attached hydrogens (tertiary/aromatic N) is 1. The van der Waals surface area contributed by atoms with Gasteiger partial charge in [0.05, 0.1) is 5.38 Å². The van der Waals surface area contributed by atoms with E-state index in [-0.39, 0.29) is 11.6 Å². The predicted octanol–water partition coefficient (Wildman–Crippen LogP) is 0.431. The van der Waals surface area contributed by atoms with Gasteiger partial charge in [0.25, 0.3) is 0 Å². The van der Waals surface area contributed by atoms with Crippen molar-refractivity contribution in [2.24, 2.45) is 0 Å². The SMILES string of the molecule is Nc1nscc1O. The largest absolute Gasteiger partial charge is 0.504 e. The van der Waals surface area contributed by atoms with Crippen molar-refractivity contribution in [1.82, 2.24) is 4.37 Å². The van der Waals surface area contributed by atoms with Gasteiger partial charge in [-0.15, -0.1) is 0 Å². The minimum Gasteiger partial charge on any atom is -0.504 e. The normalized spacial score (nSPS) is 9.14. The molecule has 0 unspecified atom stereocenters. The number of anilines is 1. The van der Waals surface area contributed by atoms with E-state index < -0.39 is 0 Å². The zero-order valence-electron chi connectivity index (χ0n) is 3.46. The average molecular weight is 116 g/mol. The van der Waals surface area contributed by atoms with Gasteiger partial charge in [0.2, 0.25) is 0 Å². The summed E-state index contributed by atoms with van der Waals surface area (Å²) in [5.74, 6) is 0.287. The zero-order chi connectivity index (χ0) is 5.28. The molecule has 0 aliphatic carbocycles. The van der Waals surface area contributed by atoms with E-state index in [2.05, 4.69) is 4.37 Å². The topological polar surface area (TPSA) is 59.1 Å². The third-order valence-corrected chi connectivity index (χ3v) is 1.21. The quantitative estimate of drug-likeness (QED) is 0.516. The first-order valence-electron chi connectivity index (χ1n) is 1.69. The molecule has 0 fully saturated rings. The lowest BCUT2D eigenvalue weighted by molar-refractivity contribution is 0.479. The molecule has 0 aromatic carbocycles. The molecule has 0 saturated heterocycles. The van der Waals surface area contributed by atoms with Crippen molar-refractivity contribution in [2.45, 2.75) is 0 Å². The van der Waals surface area contributed by atoms with Crippen molar-refractivity contribution in [1.29, 1.82) is 0 Å². The van der Waals surface area contributed by atoms with Crippen molar-refractivity contribution in [2.75, 3.05) is 5.73 Å². The lowest BCUT2D eigenvalue weighted by Crippen LogP contribution is -1.80. The number of nitrogens with two attached hydrogens (primary N) is 1. The molecule has 7 heavy (non-hydrogen) atoms. The minimum atomic E-state index is 0.0741. The second kappa shape index (κ2) is 1.38. The molecule has 0 spiro atoms. The number of aromatic nitrogens is 1. The zero-order valence-corrected chi connectivity index (χ0v) is 4.27. The van der Waals surface area contributed by atoms with E-state index in [1.165, 1.54) is 5.38 Å². The fourth-order valence-electron chi connectivity index (χ4n) is 0.240. The molecule has 0 amide bonds. The first kappa shape index (κ1) is 4.39. The lowest BCUT2D eigenvalue weighted by Gasteiger charge is -1.78. The van der Waals surface area contributed by atoms with Gasteiger partial charge in [-0.05, 0) is 11.5 Å². The Morgan fingerprint density at radius 1 is 1.86 bits per heavy atom. The number of hydrogen-bond donors (Lipinski definition) is 2. The molecule has 3 nitrogen and oxygen atoms in total. The highest BCUT2D eigenvalue weighted by molar-refractivity contribution is 7.04. The Kier molecular flexibility index (Phi) is 0.867. The fourth-order valence-corrected chi connectivity index (χ4v) is 0.721. The van der Waals surface area contributed by atoms with Gasteiger partial charge in [0, 0.05) is 0 Å². The standard InChI is InChI=1S/C3H4N2OS/c4-3-2(6)1-7-5-3/h1,6H,(H2,4,5). The molecular formula is C3H4N2OS. The van der Waals surface area contributed by atoms with Crippen LogP contribution < -0.4 is 5.73 Å². The molecule has 38 valence electrons. The van der Waals surface area contributed by atoms with Crippen LogP contribution in [0.3, 0.4) is 0 Å². The van der Waals surface area contributed by atoms with Crippen LogP contribution in [0.1, 0.15) is 0 Å². The third kappa shape index (κ3) is 0.640. The van der Waals surface area contributed by atoms with Crippen LogP contribution in [0.25, 0.3) is 0 Å². The van der Waals surface area contributed by atoms with E-state index in [0.717, 1.165) is 11.5 Å². The number of aromatic hydroxyl groups is 1. The summed E-state index contributed by atoms with van der Waals surface area (Å²) in [4.78, 5) is 0. The van der Waals surface area contributed by atoms with Crippen LogP contribution in [0.4, 0.5) is 5.82 Å². The molecule has 1 rings (SSSR count). The summed E-state index contributed by atoms with van der Waals surface area (Å²) in [5, 5.41) is 10.1. The second-order valence-electron chi connectivity index (χ2n) is 1.09. The Bertz CT molecular complexity index is 145. The summed E-state index contributed by atoms with van der Waals surface area (Å²) in [7, 11) is 0. The number of hydrogen-bond acceptors (Lipinski definition) is 4. The minimum absolute atomic E-state index is 0.0741. The molecule has 3 N–H and O–H groups in total. The molecule has 1 aromatic rings. The smallest absolute Gasteiger partial charge is 0.179 e. The summed E-state index contributed by atoms with van der Waals surface area (Å²) in [6.07, 6.45) is 0. The Morgan fingerprint density at radius 2 is 2.57 bits per heavy atom. The lowest BCUT2D eigenvalue weighted by atomic mass is 10.6. The Hall–Kier alpha value is -0.770. The van der Waals surface area contributed by atoms with Crippen LogP contribution in [-0.4, -0.2) is 9.48 Å². The van der Waals surface area contributed by atoms with Gasteiger partial charge in [-0.25, -0.2) is 0 Å². The van der Waals surface area contributed by atoms with Crippen molar-refractivity contribution >= 4 is 17.4 Å². The fraction of sp³-hybridized carbons (Fsp3) is 0. The van der Waals surface area contributed by atoms with Gasteiger partial charge in [0.1, 0.15) is 0 Å². The van der Waals surface area contributed by atoms with Crippen LogP contribution in [0.2, 0.25) is 0 Å². The Morgan fingerprint density at radius 3 is 2.71 bits per heavy atom. The van der Waals surface area contributed by atoms with Crippen LogP contribution in [0.5, 0.6) is 5.75 Å². The van der Waals surface area contributed by atoms with Crippen molar-refractivity contribution in [3.63, 3.8) is 0 Å². The maximum Gasteiger partial charge on any atom is 0.179 e. The second-order valence-corrected chi connectivity index (χ2v) is 1.71. The summed E-state index contributed by atoms with van der Waals surface area (Å²) in [6, 6.07) is 0. The first-order valence-corrected chi connectivity index (χ1v) is 2.53. The van der Waals surface area contributed by atoms with Crippen molar-refractivity contribution in [3.8, 4) is 5.75 Å². The molecule has 0 radical (unpaired) electrons. The summed E-state index contributed by atoms with van der Waals surface area (Å²) in [6.45, 7) is 0. The van der Waals surface area contributed by atoms with Crippen LogP contribution in [0.15, 0.2) is 5.38 Å². The summed E-state index contributed by atoms with van der Waals surface area (Å²) in [5.41, 5.74) is 5.09. The van der Waals surface area contributed by atoms with E-state index >= 15 is 0 Å². The highest BCUT2D eigenvalue weighted by Gasteiger charge is 1.93. The third-order valence-electron chi connectivity index (χ3n) is 0.578. The maximum atomic E-state index is 8.58. The Labute approximate surface area is 44.6 Å². The van der Waals surface area contributed by atoms with Gasteiger partial charge >= 0.3 is 0 Å². The molecule has 0 aliphatic heterocycles. The van der Waals surface area contributed by atoms with Gasteiger partial charge < -0.3 is 10.8 Å². The van der Waals surface area contributed by atoms with Crippen LogP contribution in [0, 0.1) is 0 Å². The molecule has 0 atom stereocenters. The molecule has 0 bridgehead atoms. The van der Waals surface area contributed by atoms with Crippen LogP contribution in [-0.2, 0) is 0 Å². The summed E-state index contributed by atoms with van der Waals surface area (Å²) >= 11 is 1.14. The molecule has 0 aliphatic rings. The van der Waals surface area contributed by atoms with Crippen LogP contribution >= 0.6 is 11.5 Å². The van der Waals surface area contributed by atoms with Crippen molar-refractivity contribution < 1.29 is 5.11 Å². The maximum absolute atomic E-state index is 8.58. The van der Waals surface area contributed by atoms with Crippen molar-refractivity contribution in [3.05, 3.63) is 5.38 Å². The highest BCUT2D eigenvalue weighted by atomic mass is 32.1. The van der Waals surface area contributed by atoms with E-state index in [0.29, 0.717) is 0 Å². The van der Waals surface area contributed by atoms with E-state index in [1.807, 2.05) is 0 Å². The van der Waals surface area contributed by atoms with E-state index in [4.69, 9.17) is 10.8 Å². The van der Waals surface area contributed by atoms with Gasteiger partial charge in [-0.1, -0.05) is 0 Å².